The van der Waals surface area contributed by atoms with Gasteiger partial charge in [0.1, 0.15) is 17.4 Å². The number of ether oxygens (including phenoxy) is 1. The molecule has 1 fully saturated rings. The summed E-state index contributed by atoms with van der Waals surface area (Å²) >= 11 is 5.55. The number of benzene rings is 2. The third-order valence-corrected chi connectivity index (χ3v) is 12.3. The van der Waals surface area contributed by atoms with Crippen LogP contribution in [0.15, 0.2) is 60.7 Å². The maximum Gasteiger partial charge on any atom is 0.281 e. The first kappa shape index (κ1) is 24.4. The number of halogens is 1. The molecule has 0 aliphatic carbocycles. The molecule has 0 radical (unpaired) electrons. The molecule has 0 bridgehead atoms. The van der Waals surface area contributed by atoms with E-state index in [0.29, 0.717) is 13.0 Å². The Morgan fingerprint density at radius 2 is 1.58 bits per heavy atom. The smallest absolute Gasteiger partial charge is 0.281 e. The predicted octanol–water partition coefficient (Wildman–Crippen LogP) is 3.65. The molecule has 5 nitrogen and oxygen atoms in total. The predicted molar refractivity (Wildman–Crippen MR) is 127 cm³/mol. The molecule has 1 aliphatic rings. The van der Waals surface area contributed by atoms with Crippen molar-refractivity contribution in [1.29, 1.82) is 0 Å². The van der Waals surface area contributed by atoms with Gasteiger partial charge in [-0.2, -0.15) is 8.42 Å². The van der Waals surface area contributed by atoms with Gasteiger partial charge in [0.15, 0.2) is 0 Å². The first-order valence-corrected chi connectivity index (χ1v) is 14.6. The van der Waals surface area contributed by atoms with Crippen molar-refractivity contribution in [2.24, 2.45) is 0 Å². The molecule has 0 spiro atoms. The van der Waals surface area contributed by atoms with Crippen LogP contribution < -0.4 is 10.4 Å². The summed E-state index contributed by atoms with van der Waals surface area (Å²) in [4.78, 5) is 0. The molecule has 1 heterocycles. The van der Waals surface area contributed by atoms with Gasteiger partial charge in [0.05, 0.1) is 6.61 Å². The summed E-state index contributed by atoms with van der Waals surface area (Å²) in [7, 11) is -6.54. The van der Waals surface area contributed by atoms with Gasteiger partial charge in [-0.05, 0) is 28.3 Å². The Bertz CT molecular complexity index is 892. The summed E-state index contributed by atoms with van der Waals surface area (Å²) in [6.45, 7) is 7.40. The molecule has 2 aromatic carbocycles. The Balaban J connectivity index is 1.97. The molecule has 1 aliphatic heterocycles. The lowest BCUT2D eigenvalue weighted by Gasteiger charge is -2.44. The highest BCUT2D eigenvalue weighted by Gasteiger charge is 2.51. The normalized spacial score (nSPS) is 20.5. The molecule has 1 saturated heterocycles. The van der Waals surface area contributed by atoms with Gasteiger partial charge in [0.2, 0.25) is 0 Å². The third-order valence-electron chi connectivity index (χ3n) is 5.66. The van der Waals surface area contributed by atoms with E-state index < -0.39 is 35.9 Å². The fourth-order valence-corrected chi connectivity index (χ4v) is 9.63. The van der Waals surface area contributed by atoms with Crippen molar-refractivity contribution in [3.8, 4) is 0 Å². The second-order valence-electron chi connectivity index (χ2n) is 8.83. The van der Waals surface area contributed by atoms with Gasteiger partial charge in [0, 0.05) is 6.61 Å². The van der Waals surface area contributed by atoms with Gasteiger partial charge in [-0.15, -0.1) is 11.6 Å². The first-order valence-electron chi connectivity index (χ1n) is 10.5. The van der Waals surface area contributed by atoms with Gasteiger partial charge in [0.25, 0.3) is 18.4 Å². The quantitative estimate of drug-likeness (QED) is 0.326. The third kappa shape index (κ3) is 5.59. The van der Waals surface area contributed by atoms with Gasteiger partial charge >= 0.3 is 0 Å². The molecule has 170 valence electrons. The molecule has 0 saturated carbocycles. The number of rotatable bonds is 8. The molecular weight excluding hydrogens is 452 g/mol. The SMILES string of the molecule is CC(C)(C)[Si](OC[C@@H]1OCCC[C@@H]1OS(=O)(=O)CCl)(c1ccccc1)c1ccccc1. The van der Waals surface area contributed by atoms with Crippen molar-refractivity contribution in [3.63, 3.8) is 0 Å². The van der Waals surface area contributed by atoms with E-state index in [-0.39, 0.29) is 11.6 Å². The zero-order chi connectivity index (χ0) is 22.5. The Morgan fingerprint density at radius 3 is 2.06 bits per heavy atom. The lowest BCUT2D eigenvalue weighted by molar-refractivity contribution is -0.0794. The van der Waals surface area contributed by atoms with E-state index in [2.05, 4.69) is 45.0 Å². The highest BCUT2D eigenvalue weighted by molar-refractivity contribution is 7.87. The van der Waals surface area contributed by atoms with Crippen LogP contribution in [0.25, 0.3) is 0 Å². The molecule has 2 aromatic rings. The van der Waals surface area contributed by atoms with Crippen LogP contribution in [0.1, 0.15) is 33.6 Å². The van der Waals surface area contributed by atoms with Crippen LogP contribution >= 0.6 is 11.6 Å². The molecule has 0 amide bonds. The van der Waals surface area contributed by atoms with Crippen LogP contribution in [-0.4, -0.2) is 47.4 Å². The van der Waals surface area contributed by atoms with E-state index >= 15 is 0 Å². The molecule has 8 heteroatoms. The average molecular weight is 483 g/mol. The molecule has 0 aromatic heterocycles. The summed E-state index contributed by atoms with van der Waals surface area (Å²) in [5.41, 5.74) is 0. The van der Waals surface area contributed by atoms with E-state index in [1.165, 1.54) is 0 Å². The Kier molecular flexibility index (Phi) is 7.99. The minimum atomic E-state index is -3.80. The standard InChI is InChI=1S/C23H31ClO5SSi/c1-23(2,3)31(19-11-6-4-7-12-19,20-13-8-5-9-14-20)28-17-22-21(15-10-16-27-22)29-30(25,26)18-24/h4-9,11-14,21-22H,10,15-18H2,1-3H3/t21-,22-/m0/s1. The van der Waals surface area contributed by atoms with Gasteiger partial charge in [-0.25, -0.2) is 0 Å². The van der Waals surface area contributed by atoms with E-state index in [4.69, 9.17) is 24.9 Å². The zero-order valence-electron chi connectivity index (χ0n) is 18.3. The van der Waals surface area contributed by atoms with E-state index in [9.17, 15) is 8.42 Å². The minimum absolute atomic E-state index is 0.178. The van der Waals surface area contributed by atoms with Crippen molar-refractivity contribution in [3.05, 3.63) is 60.7 Å². The average Bonchev–Trinajstić information content (AvgIpc) is 2.75. The van der Waals surface area contributed by atoms with Crippen molar-refractivity contribution in [2.45, 2.75) is 50.9 Å². The fraction of sp³-hybridized carbons (Fsp3) is 0.478. The first-order chi connectivity index (χ1) is 14.7. The minimum Gasteiger partial charge on any atom is -0.405 e. The van der Waals surface area contributed by atoms with Crippen LogP contribution in [0, 0.1) is 0 Å². The number of alkyl halides is 1. The van der Waals surface area contributed by atoms with Crippen molar-refractivity contribution >= 4 is 40.4 Å². The summed E-state index contributed by atoms with van der Waals surface area (Å²) < 4.78 is 42.1. The van der Waals surface area contributed by atoms with Gasteiger partial charge in [-0.1, -0.05) is 81.4 Å². The zero-order valence-corrected chi connectivity index (χ0v) is 20.9. The lowest BCUT2D eigenvalue weighted by atomic mass is 10.1. The van der Waals surface area contributed by atoms with Gasteiger partial charge < -0.3 is 9.16 Å². The van der Waals surface area contributed by atoms with Gasteiger partial charge in [-0.3, -0.25) is 4.18 Å². The summed E-state index contributed by atoms with van der Waals surface area (Å²) in [5.74, 6) is 0. The fourth-order valence-electron chi connectivity index (χ4n) is 4.26. The summed E-state index contributed by atoms with van der Waals surface area (Å²) in [5, 5.41) is 1.57. The second kappa shape index (κ2) is 10.1. The molecule has 0 unspecified atom stereocenters. The van der Waals surface area contributed by atoms with Crippen LogP contribution in [-0.2, 0) is 23.5 Å². The molecular formula is C23H31ClO5SSi. The maximum absolute atomic E-state index is 12.0. The molecule has 0 N–H and O–H groups in total. The monoisotopic (exact) mass is 482 g/mol. The highest BCUT2D eigenvalue weighted by atomic mass is 35.5. The Hall–Kier alpha value is -1.22. The van der Waals surface area contributed by atoms with Crippen molar-refractivity contribution < 1.29 is 21.8 Å². The lowest BCUT2D eigenvalue weighted by Crippen LogP contribution is -2.67. The molecule has 31 heavy (non-hydrogen) atoms. The van der Waals surface area contributed by atoms with Crippen molar-refractivity contribution in [1.82, 2.24) is 0 Å². The number of hydrogen-bond donors (Lipinski definition) is 0. The van der Waals surface area contributed by atoms with Crippen molar-refractivity contribution in [2.75, 3.05) is 18.4 Å². The van der Waals surface area contributed by atoms with Crippen LogP contribution in [0.5, 0.6) is 0 Å². The highest BCUT2D eigenvalue weighted by Crippen LogP contribution is 2.37. The summed E-state index contributed by atoms with van der Waals surface area (Å²) in [6, 6.07) is 20.6. The Morgan fingerprint density at radius 1 is 1.03 bits per heavy atom. The maximum atomic E-state index is 12.0. The topological polar surface area (TPSA) is 61.8 Å². The largest absolute Gasteiger partial charge is 0.405 e. The van der Waals surface area contributed by atoms with Crippen LogP contribution in [0.3, 0.4) is 0 Å². The second-order valence-corrected chi connectivity index (χ2v) is 15.3. The van der Waals surface area contributed by atoms with Crippen LogP contribution in [0.4, 0.5) is 0 Å². The van der Waals surface area contributed by atoms with E-state index in [1.54, 1.807) is 0 Å². The molecule has 3 rings (SSSR count). The molecule has 2 atom stereocenters. The number of hydrogen-bond acceptors (Lipinski definition) is 5. The van der Waals surface area contributed by atoms with E-state index in [1.807, 2.05) is 36.4 Å². The van der Waals surface area contributed by atoms with E-state index in [0.717, 1.165) is 16.8 Å². The van der Waals surface area contributed by atoms with Crippen LogP contribution in [0.2, 0.25) is 5.04 Å². The Labute approximate surface area is 191 Å². The summed E-state index contributed by atoms with van der Waals surface area (Å²) in [6.07, 6.45) is 0.243.